The van der Waals surface area contributed by atoms with Gasteiger partial charge in [0.1, 0.15) is 9.84 Å². The Kier molecular flexibility index (Phi) is 4.34. The summed E-state index contributed by atoms with van der Waals surface area (Å²) in [6.45, 7) is 5.69. The highest BCUT2D eigenvalue weighted by Crippen LogP contribution is 2.29. The predicted molar refractivity (Wildman–Crippen MR) is 74.5 cm³/mol. The second-order valence-corrected chi connectivity index (χ2v) is 8.21. The minimum Gasteiger partial charge on any atom is -0.317 e. The van der Waals surface area contributed by atoms with Crippen LogP contribution in [-0.2, 0) is 9.84 Å². The number of piperidine rings is 1. The van der Waals surface area contributed by atoms with Crippen LogP contribution in [0.4, 0.5) is 0 Å². The third kappa shape index (κ3) is 2.89. The Bertz CT molecular complexity index is 368. The fraction of sp³-hybridized carbons (Fsp3) is 1.00. The Hall–Kier alpha value is -0.130. The molecule has 2 fully saturated rings. The molecule has 3 unspecified atom stereocenters. The standard InChI is InChI=1S/C13H26N2O2S/c1-10-11(2)15(7-4-13(10)14-3)12-5-8-18(16,17)9-6-12/h10-14H,4-9H2,1-3H3. The van der Waals surface area contributed by atoms with Crippen LogP contribution in [0.3, 0.4) is 0 Å². The zero-order valence-corrected chi connectivity index (χ0v) is 12.5. The molecule has 0 bridgehead atoms. The summed E-state index contributed by atoms with van der Waals surface area (Å²) in [6.07, 6.45) is 2.82. The molecule has 2 heterocycles. The predicted octanol–water partition coefficient (Wildman–Crippen LogP) is 0.882. The number of nitrogens with zero attached hydrogens (tertiary/aromatic N) is 1. The molecule has 0 radical (unpaired) electrons. The number of hydrogen-bond acceptors (Lipinski definition) is 4. The van der Waals surface area contributed by atoms with Gasteiger partial charge in [0.25, 0.3) is 0 Å². The fourth-order valence-corrected chi connectivity index (χ4v) is 4.99. The van der Waals surface area contributed by atoms with E-state index < -0.39 is 9.84 Å². The normalized spacial score (nSPS) is 38.7. The molecule has 5 heteroatoms. The molecule has 106 valence electrons. The van der Waals surface area contributed by atoms with Crippen molar-refractivity contribution in [2.45, 2.75) is 51.2 Å². The van der Waals surface area contributed by atoms with E-state index in [-0.39, 0.29) is 0 Å². The average molecular weight is 274 g/mol. The van der Waals surface area contributed by atoms with E-state index in [4.69, 9.17) is 0 Å². The summed E-state index contributed by atoms with van der Waals surface area (Å²) in [5, 5.41) is 3.40. The third-order valence-corrected chi connectivity index (χ3v) is 6.70. The lowest BCUT2D eigenvalue weighted by molar-refractivity contribution is 0.0445. The third-order valence-electron chi connectivity index (χ3n) is 4.98. The van der Waals surface area contributed by atoms with E-state index >= 15 is 0 Å². The molecular formula is C13H26N2O2S. The molecule has 0 saturated carbocycles. The van der Waals surface area contributed by atoms with Crippen LogP contribution in [0, 0.1) is 5.92 Å². The maximum Gasteiger partial charge on any atom is 0.150 e. The Labute approximate surface area is 111 Å². The Balaban J connectivity index is 1.98. The lowest BCUT2D eigenvalue weighted by Crippen LogP contribution is -2.57. The van der Waals surface area contributed by atoms with E-state index in [9.17, 15) is 8.42 Å². The topological polar surface area (TPSA) is 49.4 Å². The number of likely N-dealkylation sites (tertiary alicyclic amines) is 1. The molecular weight excluding hydrogens is 248 g/mol. The highest BCUT2D eigenvalue weighted by Gasteiger charge is 2.37. The van der Waals surface area contributed by atoms with Gasteiger partial charge in [-0.2, -0.15) is 0 Å². The smallest absolute Gasteiger partial charge is 0.150 e. The zero-order valence-electron chi connectivity index (χ0n) is 11.7. The van der Waals surface area contributed by atoms with Crippen LogP contribution < -0.4 is 5.32 Å². The minimum atomic E-state index is -2.74. The lowest BCUT2D eigenvalue weighted by Gasteiger charge is -2.47. The van der Waals surface area contributed by atoms with Crippen LogP contribution in [0.25, 0.3) is 0 Å². The molecule has 1 N–H and O–H groups in total. The van der Waals surface area contributed by atoms with Gasteiger partial charge in [-0.05, 0) is 39.2 Å². The van der Waals surface area contributed by atoms with Gasteiger partial charge in [0.2, 0.25) is 0 Å². The maximum absolute atomic E-state index is 11.5. The van der Waals surface area contributed by atoms with Crippen molar-refractivity contribution in [2.75, 3.05) is 25.1 Å². The second-order valence-electron chi connectivity index (χ2n) is 5.90. The molecule has 18 heavy (non-hydrogen) atoms. The highest BCUT2D eigenvalue weighted by molar-refractivity contribution is 7.91. The van der Waals surface area contributed by atoms with Crippen LogP contribution in [0.2, 0.25) is 0 Å². The number of sulfone groups is 1. The van der Waals surface area contributed by atoms with Crippen LogP contribution in [0.5, 0.6) is 0 Å². The summed E-state index contributed by atoms with van der Waals surface area (Å²) >= 11 is 0. The second kappa shape index (κ2) is 5.47. The Morgan fingerprint density at radius 3 is 2.28 bits per heavy atom. The van der Waals surface area contributed by atoms with Gasteiger partial charge in [-0.1, -0.05) is 6.92 Å². The first-order valence-corrected chi connectivity index (χ1v) is 8.90. The quantitative estimate of drug-likeness (QED) is 0.812. The van der Waals surface area contributed by atoms with Gasteiger partial charge in [-0.15, -0.1) is 0 Å². The van der Waals surface area contributed by atoms with Crippen molar-refractivity contribution >= 4 is 9.84 Å². The molecule has 2 aliphatic heterocycles. The Morgan fingerprint density at radius 2 is 1.72 bits per heavy atom. The van der Waals surface area contributed by atoms with Crippen molar-refractivity contribution < 1.29 is 8.42 Å². The van der Waals surface area contributed by atoms with Gasteiger partial charge < -0.3 is 5.32 Å². The van der Waals surface area contributed by atoms with Gasteiger partial charge in [0.15, 0.2) is 0 Å². The van der Waals surface area contributed by atoms with Crippen LogP contribution in [0.1, 0.15) is 33.1 Å². The summed E-state index contributed by atoms with van der Waals surface area (Å²) in [5.41, 5.74) is 0. The largest absolute Gasteiger partial charge is 0.317 e. The van der Waals surface area contributed by atoms with Crippen molar-refractivity contribution in [1.29, 1.82) is 0 Å². The average Bonchev–Trinajstić information content (AvgIpc) is 2.33. The van der Waals surface area contributed by atoms with Gasteiger partial charge >= 0.3 is 0 Å². The van der Waals surface area contributed by atoms with E-state index in [0.29, 0.717) is 35.5 Å². The molecule has 2 rings (SSSR count). The Morgan fingerprint density at radius 1 is 1.11 bits per heavy atom. The van der Waals surface area contributed by atoms with Crippen molar-refractivity contribution in [3.8, 4) is 0 Å². The van der Waals surface area contributed by atoms with Crippen molar-refractivity contribution in [2.24, 2.45) is 5.92 Å². The molecule has 0 aromatic rings. The number of nitrogens with one attached hydrogen (secondary N) is 1. The maximum atomic E-state index is 11.5. The summed E-state index contributed by atoms with van der Waals surface area (Å²) in [5.74, 6) is 1.39. The molecule has 0 aromatic carbocycles. The summed E-state index contributed by atoms with van der Waals surface area (Å²) in [6, 6.07) is 1.62. The minimum absolute atomic E-state index is 0.380. The lowest BCUT2D eigenvalue weighted by atomic mass is 9.85. The first-order valence-electron chi connectivity index (χ1n) is 7.08. The molecule has 0 aromatic heterocycles. The van der Waals surface area contributed by atoms with Crippen LogP contribution in [-0.4, -0.2) is 56.5 Å². The van der Waals surface area contributed by atoms with E-state index in [1.54, 1.807) is 0 Å². The monoisotopic (exact) mass is 274 g/mol. The molecule has 0 amide bonds. The SMILES string of the molecule is CNC1CCN(C2CCS(=O)(=O)CC2)C(C)C1C. The van der Waals surface area contributed by atoms with Gasteiger partial charge in [0, 0.05) is 24.7 Å². The van der Waals surface area contributed by atoms with E-state index in [1.807, 2.05) is 7.05 Å². The first-order chi connectivity index (χ1) is 8.44. The van der Waals surface area contributed by atoms with Gasteiger partial charge in [0.05, 0.1) is 11.5 Å². The van der Waals surface area contributed by atoms with Crippen molar-refractivity contribution in [3.63, 3.8) is 0 Å². The molecule has 3 atom stereocenters. The first kappa shape index (κ1) is 14.3. The highest BCUT2D eigenvalue weighted by atomic mass is 32.2. The molecule has 0 spiro atoms. The fourth-order valence-electron chi connectivity index (χ4n) is 3.52. The van der Waals surface area contributed by atoms with Gasteiger partial charge in [-0.3, -0.25) is 4.90 Å². The number of hydrogen-bond donors (Lipinski definition) is 1. The number of rotatable bonds is 2. The zero-order chi connectivity index (χ0) is 13.3. The van der Waals surface area contributed by atoms with Crippen molar-refractivity contribution in [1.82, 2.24) is 10.2 Å². The van der Waals surface area contributed by atoms with E-state index in [1.165, 1.54) is 6.42 Å². The van der Waals surface area contributed by atoms with E-state index in [2.05, 4.69) is 24.1 Å². The van der Waals surface area contributed by atoms with Crippen LogP contribution >= 0.6 is 0 Å². The molecule has 4 nitrogen and oxygen atoms in total. The summed E-state index contributed by atoms with van der Waals surface area (Å²) in [7, 11) is -0.701. The molecule has 2 aliphatic rings. The van der Waals surface area contributed by atoms with Crippen molar-refractivity contribution in [3.05, 3.63) is 0 Å². The van der Waals surface area contributed by atoms with Gasteiger partial charge in [-0.25, -0.2) is 8.42 Å². The molecule has 2 saturated heterocycles. The van der Waals surface area contributed by atoms with Crippen LogP contribution in [0.15, 0.2) is 0 Å². The molecule has 0 aliphatic carbocycles. The summed E-state index contributed by atoms with van der Waals surface area (Å²) in [4.78, 5) is 2.55. The summed E-state index contributed by atoms with van der Waals surface area (Å²) < 4.78 is 23.0. The van der Waals surface area contributed by atoms with E-state index in [0.717, 1.165) is 19.4 Å².